The van der Waals surface area contributed by atoms with E-state index in [0.29, 0.717) is 0 Å². The molecule has 32 heavy (non-hydrogen) atoms. The molecule has 1 aliphatic heterocycles. The third-order valence-corrected chi connectivity index (χ3v) is 11.7. The molecule has 2 aromatic carbocycles. The fourth-order valence-corrected chi connectivity index (χ4v) is 10.9. The zero-order valence-corrected chi connectivity index (χ0v) is 22.0. The van der Waals surface area contributed by atoms with Gasteiger partial charge in [-0.2, -0.15) is 0 Å². The highest BCUT2D eigenvalue weighted by atomic mass is 33.1. The first-order valence-electron chi connectivity index (χ1n) is 10.7. The minimum atomic E-state index is 0.927. The summed E-state index contributed by atoms with van der Waals surface area (Å²) < 4.78 is 4.96. The molecule has 0 amide bonds. The highest BCUT2D eigenvalue weighted by Gasteiger charge is 2.27. The number of benzene rings is 2. The van der Waals surface area contributed by atoms with Crippen LogP contribution in [-0.2, 0) is 13.1 Å². The second-order valence-corrected chi connectivity index (χ2v) is 12.4. The van der Waals surface area contributed by atoms with Crippen LogP contribution in [0, 0.1) is 27.7 Å². The Hall–Kier alpha value is -1.60. The van der Waals surface area contributed by atoms with E-state index in [4.69, 9.17) is 0 Å². The van der Waals surface area contributed by atoms with E-state index in [1.54, 1.807) is 0 Å². The van der Waals surface area contributed by atoms with Gasteiger partial charge in [0.25, 0.3) is 0 Å². The highest BCUT2D eigenvalue weighted by Crippen LogP contribution is 2.57. The van der Waals surface area contributed by atoms with Gasteiger partial charge in [0.1, 0.15) is 0 Å². The van der Waals surface area contributed by atoms with Gasteiger partial charge in [0.05, 0.1) is 19.6 Å². The summed E-state index contributed by atoms with van der Waals surface area (Å²) in [6.07, 6.45) is 0. The van der Waals surface area contributed by atoms with E-state index in [2.05, 4.69) is 97.5 Å². The second-order valence-electron chi connectivity index (χ2n) is 8.13. The molecule has 2 nitrogen and oxygen atoms in total. The molecule has 0 spiro atoms. The molecule has 0 aliphatic carbocycles. The topological polar surface area (TPSA) is 9.86 Å². The van der Waals surface area contributed by atoms with Crippen LogP contribution in [0.25, 0.3) is 0 Å². The van der Waals surface area contributed by atoms with Crippen LogP contribution in [0.15, 0.2) is 80.2 Å². The molecule has 0 saturated heterocycles. The molecule has 3 heterocycles. The maximum absolute atomic E-state index is 2.48. The summed E-state index contributed by atoms with van der Waals surface area (Å²) in [5.74, 6) is 0. The average Bonchev–Trinajstić information content (AvgIpc) is 3.14. The lowest BCUT2D eigenvalue weighted by Crippen LogP contribution is -2.04. The van der Waals surface area contributed by atoms with Crippen molar-refractivity contribution in [1.82, 2.24) is 9.13 Å². The fourth-order valence-electron chi connectivity index (χ4n) is 4.22. The van der Waals surface area contributed by atoms with E-state index in [0.717, 1.165) is 13.1 Å². The normalized spacial score (nSPS) is 13.4. The van der Waals surface area contributed by atoms with Crippen molar-refractivity contribution in [3.8, 4) is 0 Å². The molecule has 0 radical (unpaired) electrons. The lowest BCUT2D eigenvalue weighted by Gasteiger charge is -2.11. The van der Waals surface area contributed by atoms with Crippen molar-refractivity contribution in [3.63, 3.8) is 0 Å². The molecule has 0 fully saturated rings. The number of hydrogen-bond acceptors (Lipinski definition) is 4. The Balaban J connectivity index is 1.46. The van der Waals surface area contributed by atoms with Gasteiger partial charge in [-0.25, -0.2) is 0 Å². The number of rotatable bonds is 4. The van der Waals surface area contributed by atoms with Gasteiger partial charge in [-0.3, -0.25) is 0 Å². The van der Waals surface area contributed by atoms with Crippen molar-refractivity contribution < 1.29 is 0 Å². The second kappa shape index (κ2) is 9.34. The first-order valence-corrected chi connectivity index (χ1v) is 15.0. The van der Waals surface area contributed by atoms with E-state index in [-0.39, 0.29) is 0 Å². The Morgan fingerprint density at radius 3 is 1.03 bits per heavy atom. The van der Waals surface area contributed by atoms with Crippen LogP contribution in [0.5, 0.6) is 0 Å². The molecule has 5 rings (SSSR count). The largest absolute Gasteiger partial charge is 0.342 e. The summed E-state index contributed by atoms with van der Waals surface area (Å²) in [6.45, 7) is 10.9. The van der Waals surface area contributed by atoms with Gasteiger partial charge >= 0.3 is 0 Å². The Morgan fingerprint density at radius 2 is 0.750 bits per heavy atom. The van der Waals surface area contributed by atoms with Crippen LogP contribution in [0.2, 0.25) is 0 Å². The summed E-state index contributed by atoms with van der Waals surface area (Å²) in [5.41, 5.74) is 8.17. The van der Waals surface area contributed by atoms with Crippen LogP contribution in [0.3, 0.4) is 0 Å². The Morgan fingerprint density at radius 1 is 0.469 bits per heavy atom. The summed E-state index contributed by atoms with van der Waals surface area (Å²) in [6, 6.07) is 21.5. The Bertz CT molecular complexity index is 1100. The molecule has 4 aromatic rings. The van der Waals surface area contributed by atoms with Crippen LogP contribution >= 0.6 is 43.2 Å². The van der Waals surface area contributed by atoms with Crippen molar-refractivity contribution >= 4 is 43.2 Å². The molecular weight excluding hydrogens is 469 g/mol. The van der Waals surface area contributed by atoms with Crippen LogP contribution in [-0.4, -0.2) is 9.13 Å². The number of nitrogens with zero attached hydrogens (tertiary/aromatic N) is 2. The van der Waals surface area contributed by atoms with Gasteiger partial charge in [0, 0.05) is 35.9 Å². The summed E-state index contributed by atoms with van der Waals surface area (Å²) >= 11 is 0. The van der Waals surface area contributed by atoms with Gasteiger partial charge < -0.3 is 9.13 Å². The highest BCUT2D eigenvalue weighted by molar-refractivity contribution is 8.79. The van der Waals surface area contributed by atoms with Crippen LogP contribution < -0.4 is 0 Å². The number of hydrogen-bond donors (Lipinski definition) is 0. The van der Waals surface area contributed by atoms with Gasteiger partial charge in [-0.1, -0.05) is 60.7 Å². The first-order chi connectivity index (χ1) is 15.5. The van der Waals surface area contributed by atoms with Gasteiger partial charge in [-0.15, -0.1) is 0 Å². The van der Waals surface area contributed by atoms with E-state index in [1.165, 1.54) is 53.5 Å². The van der Waals surface area contributed by atoms with Crippen LogP contribution in [0.4, 0.5) is 0 Å². The van der Waals surface area contributed by atoms with E-state index in [9.17, 15) is 0 Å². The molecule has 164 valence electrons. The Labute approximate surface area is 206 Å². The third-order valence-electron chi connectivity index (χ3n) is 6.13. The molecule has 0 atom stereocenters. The molecule has 0 saturated carbocycles. The number of fused-ring (bicyclic) bond motifs is 2. The van der Waals surface area contributed by atoms with Crippen molar-refractivity contribution in [2.24, 2.45) is 0 Å². The summed E-state index contributed by atoms with van der Waals surface area (Å²) in [7, 11) is 7.71. The summed E-state index contributed by atoms with van der Waals surface area (Å²) in [5, 5.41) is 0. The zero-order chi connectivity index (χ0) is 22.2. The monoisotopic (exact) mass is 494 g/mol. The molecule has 6 heteroatoms. The van der Waals surface area contributed by atoms with E-state index in [1.807, 2.05) is 43.2 Å². The quantitative estimate of drug-likeness (QED) is 0.263. The summed E-state index contributed by atoms with van der Waals surface area (Å²) in [4.78, 5) is 5.66. The molecule has 0 N–H and O–H groups in total. The minimum Gasteiger partial charge on any atom is -0.342 e. The van der Waals surface area contributed by atoms with Crippen molar-refractivity contribution in [2.45, 2.75) is 60.4 Å². The van der Waals surface area contributed by atoms with Crippen molar-refractivity contribution in [1.29, 1.82) is 0 Å². The standard InChI is InChI=1S/C26H26N2S4/c1-17-23-24(18(2)27(17)15-21-11-7-5-8-12-21)30-32-26-20(4)28(19(3)25(26)31-29-23)16-22-13-9-6-10-14-22/h5-14H,15-16H2,1-4H3. The van der Waals surface area contributed by atoms with E-state index >= 15 is 0 Å². The predicted molar refractivity (Wildman–Crippen MR) is 142 cm³/mol. The predicted octanol–water partition coefficient (Wildman–Crippen LogP) is 8.53. The SMILES string of the molecule is Cc1c2c(c(C)n1Cc1ccccc1)SSc1c(c(C)n(Cc3ccccc3)c1C)SS2. The number of aromatic nitrogens is 2. The third kappa shape index (κ3) is 4.07. The lowest BCUT2D eigenvalue weighted by atomic mass is 10.2. The minimum absolute atomic E-state index is 0.927. The molecule has 0 unspecified atom stereocenters. The van der Waals surface area contributed by atoms with Gasteiger partial charge in [-0.05, 0) is 82.0 Å². The maximum Gasteiger partial charge on any atom is 0.0540 e. The Kier molecular flexibility index (Phi) is 6.48. The lowest BCUT2D eigenvalue weighted by molar-refractivity contribution is 0.740. The molecular formula is C26H26N2S4. The fraction of sp³-hybridized carbons (Fsp3) is 0.231. The molecule has 1 aliphatic rings. The van der Waals surface area contributed by atoms with Crippen LogP contribution in [0.1, 0.15) is 33.9 Å². The zero-order valence-electron chi connectivity index (χ0n) is 18.7. The van der Waals surface area contributed by atoms with Gasteiger partial charge in [0.2, 0.25) is 0 Å². The van der Waals surface area contributed by atoms with Crippen molar-refractivity contribution in [3.05, 3.63) is 94.6 Å². The average molecular weight is 495 g/mol. The molecule has 0 bridgehead atoms. The van der Waals surface area contributed by atoms with E-state index < -0.39 is 0 Å². The maximum atomic E-state index is 2.48. The van der Waals surface area contributed by atoms with Crippen molar-refractivity contribution in [2.75, 3.05) is 0 Å². The van der Waals surface area contributed by atoms with Gasteiger partial charge in [0.15, 0.2) is 0 Å². The molecule has 2 aromatic heterocycles. The smallest absolute Gasteiger partial charge is 0.0540 e. The first kappa shape index (κ1) is 22.2.